The van der Waals surface area contributed by atoms with Gasteiger partial charge in [-0.1, -0.05) is 20.8 Å². The van der Waals surface area contributed by atoms with Gasteiger partial charge in [-0.15, -0.1) is 0 Å². The first-order valence-electron chi connectivity index (χ1n) is 5.58. The molecule has 0 fully saturated rings. The highest BCUT2D eigenvalue weighted by Gasteiger charge is 2.25. The van der Waals surface area contributed by atoms with E-state index in [1.165, 1.54) is 11.3 Å². The molecule has 1 aliphatic rings. The quantitative estimate of drug-likeness (QED) is 0.740. The minimum absolute atomic E-state index is 0.536. The van der Waals surface area contributed by atoms with Crippen molar-refractivity contribution in [3.05, 3.63) is 18.1 Å². The predicted octanol–water partition coefficient (Wildman–Crippen LogP) is 3.10. The number of nitrogens with zero attached hydrogens (tertiary/aromatic N) is 3. The van der Waals surface area contributed by atoms with Crippen molar-refractivity contribution >= 4 is 11.5 Å². The fourth-order valence-corrected chi connectivity index (χ4v) is 2.07. The van der Waals surface area contributed by atoms with Crippen molar-refractivity contribution < 1.29 is 0 Å². The van der Waals surface area contributed by atoms with Crippen LogP contribution in [0.3, 0.4) is 0 Å². The molecular weight excluding hydrogens is 186 g/mol. The molecule has 1 aromatic rings. The average Bonchev–Trinajstić information content (AvgIpc) is 2.27. The Morgan fingerprint density at radius 2 is 2.27 bits per heavy atom. The zero-order valence-electron chi connectivity index (χ0n) is 9.57. The van der Waals surface area contributed by atoms with Crippen molar-refractivity contribution in [2.75, 3.05) is 0 Å². The molecule has 1 unspecified atom stereocenters. The molecule has 1 atom stereocenters. The Labute approximate surface area is 90.7 Å². The van der Waals surface area contributed by atoms with Gasteiger partial charge in [-0.3, -0.25) is 0 Å². The van der Waals surface area contributed by atoms with E-state index >= 15 is 0 Å². The van der Waals surface area contributed by atoms with Gasteiger partial charge in [0.2, 0.25) is 0 Å². The Morgan fingerprint density at radius 1 is 1.47 bits per heavy atom. The number of aromatic nitrogens is 2. The smallest absolute Gasteiger partial charge is 0.158 e. The Morgan fingerprint density at radius 3 is 2.93 bits per heavy atom. The fraction of sp³-hybridized carbons (Fsp3) is 0.583. The van der Waals surface area contributed by atoms with Gasteiger partial charge in [0.1, 0.15) is 6.33 Å². The molecule has 3 nitrogen and oxygen atoms in total. The van der Waals surface area contributed by atoms with E-state index < -0.39 is 0 Å². The van der Waals surface area contributed by atoms with Crippen molar-refractivity contribution in [3.63, 3.8) is 0 Å². The Kier molecular flexibility index (Phi) is 2.80. The van der Waals surface area contributed by atoms with Crippen molar-refractivity contribution in [1.82, 2.24) is 9.97 Å². The van der Waals surface area contributed by atoms with Crippen molar-refractivity contribution in [2.45, 2.75) is 39.5 Å². The number of fused-ring (bicyclic) bond motifs is 1. The first-order chi connectivity index (χ1) is 7.22. The lowest BCUT2D eigenvalue weighted by atomic mass is 9.83. The highest BCUT2D eigenvalue weighted by atomic mass is 15.0. The Bertz CT molecular complexity index is 382. The minimum Gasteiger partial charge on any atom is -0.244 e. The van der Waals surface area contributed by atoms with Crippen LogP contribution in [0.1, 0.15) is 45.1 Å². The molecule has 0 aromatic carbocycles. The molecule has 0 N–H and O–H groups in total. The maximum Gasteiger partial charge on any atom is 0.158 e. The third kappa shape index (κ3) is 1.91. The number of hydrogen-bond donors (Lipinski definition) is 0. The van der Waals surface area contributed by atoms with Gasteiger partial charge >= 0.3 is 0 Å². The lowest BCUT2D eigenvalue weighted by Gasteiger charge is -2.26. The van der Waals surface area contributed by atoms with Gasteiger partial charge in [0.15, 0.2) is 5.82 Å². The largest absolute Gasteiger partial charge is 0.244 e. The molecule has 1 aromatic heterocycles. The van der Waals surface area contributed by atoms with E-state index in [0.717, 1.165) is 18.7 Å². The number of rotatable bonds is 2. The molecule has 0 amide bonds. The molecule has 0 aliphatic carbocycles. The van der Waals surface area contributed by atoms with E-state index in [1.54, 1.807) is 6.33 Å². The second-order valence-electron chi connectivity index (χ2n) is 4.39. The van der Waals surface area contributed by atoms with Gasteiger partial charge in [-0.05, 0) is 24.7 Å². The maximum atomic E-state index is 4.56. The summed E-state index contributed by atoms with van der Waals surface area (Å²) < 4.78 is 0. The van der Waals surface area contributed by atoms with E-state index in [2.05, 4.69) is 35.7 Å². The molecule has 0 spiro atoms. The van der Waals surface area contributed by atoms with Crippen LogP contribution in [0.4, 0.5) is 5.82 Å². The summed E-state index contributed by atoms with van der Waals surface area (Å²) in [6.45, 7) is 6.66. The van der Waals surface area contributed by atoms with Crippen LogP contribution in [-0.2, 0) is 0 Å². The first kappa shape index (κ1) is 10.3. The maximum absolute atomic E-state index is 4.56. The molecule has 2 heterocycles. The normalized spacial score (nSPS) is 20.0. The molecule has 15 heavy (non-hydrogen) atoms. The van der Waals surface area contributed by atoms with Crippen LogP contribution in [0.2, 0.25) is 0 Å². The van der Waals surface area contributed by atoms with Crippen LogP contribution < -0.4 is 0 Å². The summed E-state index contributed by atoms with van der Waals surface area (Å²) in [5, 5.41) is 0. The van der Waals surface area contributed by atoms with Gasteiger partial charge < -0.3 is 0 Å². The molecule has 2 rings (SSSR count). The third-order valence-electron chi connectivity index (χ3n) is 3.05. The van der Waals surface area contributed by atoms with Gasteiger partial charge in [-0.25, -0.2) is 15.0 Å². The molecule has 3 heteroatoms. The van der Waals surface area contributed by atoms with E-state index in [-0.39, 0.29) is 0 Å². The van der Waals surface area contributed by atoms with E-state index in [9.17, 15) is 0 Å². The lowest BCUT2D eigenvalue weighted by molar-refractivity contribution is 0.503. The topological polar surface area (TPSA) is 38.1 Å². The molecule has 0 radical (unpaired) electrons. The van der Waals surface area contributed by atoms with Gasteiger partial charge in [0, 0.05) is 17.5 Å². The standard InChI is InChI=1S/C12H17N3/c1-4-9-5-10(8(2)3)11-6-13-7-14-12(11)15-9/h6-8,10H,4-5H2,1-3H3. The molecule has 1 aliphatic heterocycles. The van der Waals surface area contributed by atoms with Crippen LogP contribution in [0.25, 0.3) is 0 Å². The molecule has 0 bridgehead atoms. The van der Waals surface area contributed by atoms with E-state index in [4.69, 9.17) is 0 Å². The SMILES string of the molecule is CCC1=Nc2ncncc2C(C(C)C)C1. The summed E-state index contributed by atoms with van der Waals surface area (Å²) in [5.74, 6) is 2.03. The lowest BCUT2D eigenvalue weighted by Crippen LogP contribution is -2.17. The van der Waals surface area contributed by atoms with Gasteiger partial charge in [-0.2, -0.15) is 0 Å². The number of hydrogen-bond acceptors (Lipinski definition) is 3. The monoisotopic (exact) mass is 203 g/mol. The minimum atomic E-state index is 0.536. The summed E-state index contributed by atoms with van der Waals surface area (Å²) in [5.41, 5.74) is 2.48. The summed E-state index contributed by atoms with van der Waals surface area (Å²) in [4.78, 5) is 12.9. The van der Waals surface area contributed by atoms with Crippen LogP contribution in [0, 0.1) is 5.92 Å². The second-order valence-corrected chi connectivity index (χ2v) is 4.39. The third-order valence-corrected chi connectivity index (χ3v) is 3.05. The van der Waals surface area contributed by atoms with Crippen molar-refractivity contribution in [1.29, 1.82) is 0 Å². The van der Waals surface area contributed by atoms with Crippen LogP contribution in [0.5, 0.6) is 0 Å². The van der Waals surface area contributed by atoms with E-state index in [0.29, 0.717) is 11.8 Å². The van der Waals surface area contributed by atoms with Crippen LogP contribution in [-0.4, -0.2) is 15.7 Å². The predicted molar refractivity (Wildman–Crippen MR) is 61.6 cm³/mol. The van der Waals surface area contributed by atoms with Gasteiger partial charge in [0.05, 0.1) is 0 Å². The summed E-state index contributed by atoms with van der Waals surface area (Å²) in [7, 11) is 0. The van der Waals surface area contributed by atoms with E-state index in [1.807, 2.05) is 6.20 Å². The summed E-state index contributed by atoms with van der Waals surface area (Å²) in [6.07, 6.45) is 5.59. The summed E-state index contributed by atoms with van der Waals surface area (Å²) in [6, 6.07) is 0. The van der Waals surface area contributed by atoms with Crippen LogP contribution >= 0.6 is 0 Å². The highest BCUT2D eigenvalue weighted by Crippen LogP contribution is 2.37. The van der Waals surface area contributed by atoms with Gasteiger partial charge in [0.25, 0.3) is 0 Å². The average molecular weight is 203 g/mol. The molecular formula is C12H17N3. The van der Waals surface area contributed by atoms with Crippen molar-refractivity contribution in [3.8, 4) is 0 Å². The number of aliphatic imine (C=N–C) groups is 1. The Balaban J connectivity index is 2.44. The molecule has 0 saturated heterocycles. The fourth-order valence-electron chi connectivity index (χ4n) is 2.07. The second kappa shape index (κ2) is 4.09. The summed E-state index contributed by atoms with van der Waals surface area (Å²) >= 11 is 0. The first-order valence-corrected chi connectivity index (χ1v) is 5.58. The molecule has 0 saturated carbocycles. The Hall–Kier alpha value is -1.25. The van der Waals surface area contributed by atoms with Crippen molar-refractivity contribution in [2.24, 2.45) is 10.9 Å². The zero-order valence-corrected chi connectivity index (χ0v) is 9.57. The zero-order chi connectivity index (χ0) is 10.8. The molecule has 80 valence electrons. The highest BCUT2D eigenvalue weighted by molar-refractivity contribution is 5.89. The van der Waals surface area contributed by atoms with Crippen LogP contribution in [0.15, 0.2) is 17.5 Å².